The van der Waals surface area contributed by atoms with E-state index in [2.05, 4.69) is 17.9 Å². The van der Waals surface area contributed by atoms with Crippen molar-refractivity contribution in [3.8, 4) is 17.1 Å². The van der Waals surface area contributed by atoms with Gasteiger partial charge in [0.25, 0.3) is 5.91 Å². The van der Waals surface area contributed by atoms with Gasteiger partial charge in [0.2, 0.25) is 11.7 Å². The van der Waals surface area contributed by atoms with Crippen LogP contribution >= 0.6 is 0 Å². The largest absolute Gasteiger partial charge is 0.381 e. The van der Waals surface area contributed by atoms with Gasteiger partial charge >= 0.3 is 0 Å². The minimum atomic E-state index is -0.236. The van der Waals surface area contributed by atoms with Gasteiger partial charge in [-0.3, -0.25) is 9.59 Å². The lowest BCUT2D eigenvalue weighted by atomic mass is 9.78. The summed E-state index contributed by atoms with van der Waals surface area (Å²) in [5.41, 5.74) is 5.05. The van der Waals surface area contributed by atoms with Crippen molar-refractivity contribution in [3.05, 3.63) is 53.9 Å². The predicted octanol–water partition coefficient (Wildman–Crippen LogP) is 5.00. The first-order valence-corrected chi connectivity index (χ1v) is 15.5. The van der Waals surface area contributed by atoms with E-state index in [1.54, 1.807) is 9.58 Å². The summed E-state index contributed by atoms with van der Waals surface area (Å²) in [4.78, 5) is 37.9. The fourth-order valence-electron chi connectivity index (χ4n) is 7.40. The smallest absolute Gasteiger partial charge is 0.293 e. The Morgan fingerprint density at radius 2 is 1.74 bits per heavy atom. The quantitative estimate of drug-likeness (QED) is 0.441. The topological polar surface area (TPSA) is 83.8 Å². The van der Waals surface area contributed by atoms with Crippen LogP contribution in [-0.4, -0.2) is 76.9 Å². The molecule has 2 saturated heterocycles. The third-order valence-electron chi connectivity index (χ3n) is 10.1. The average Bonchev–Trinajstić information content (AvgIpc) is 3.79. The maximum atomic E-state index is 13.8. The lowest BCUT2D eigenvalue weighted by Crippen LogP contribution is -2.54. The summed E-state index contributed by atoms with van der Waals surface area (Å²) >= 11 is 0. The SMILES string of the molecule is Cc1ccc(-n2nc(C(=O)N3CCC4(CCOC4)CC3)nc2-c2ccc3c(c2)N(C2CCCC2)[C@H](C)C(=O)N3C)cc1. The van der Waals surface area contributed by atoms with E-state index in [1.807, 2.05) is 55.3 Å². The van der Waals surface area contributed by atoms with Gasteiger partial charge < -0.3 is 19.4 Å². The number of ether oxygens (including phenoxy) is 1. The van der Waals surface area contributed by atoms with Crippen LogP contribution in [0.1, 0.15) is 68.1 Å². The second-order valence-corrected chi connectivity index (χ2v) is 12.7. The molecule has 220 valence electrons. The Morgan fingerprint density at radius 3 is 2.43 bits per heavy atom. The van der Waals surface area contributed by atoms with E-state index < -0.39 is 0 Å². The molecule has 7 rings (SSSR count). The molecule has 0 N–H and O–H groups in total. The number of carbonyl (C=O) groups excluding carboxylic acids is 2. The molecule has 1 spiro atoms. The fraction of sp³-hybridized carbons (Fsp3) is 0.515. The first-order valence-electron chi connectivity index (χ1n) is 15.5. The zero-order valence-electron chi connectivity index (χ0n) is 24.9. The van der Waals surface area contributed by atoms with Crippen LogP contribution in [0.15, 0.2) is 42.5 Å². The highest BCUT2D eigenvalue weighted by molar-refractivity contribution is 6.05. The highest BCUT2D eigenvalue weighted by Crippen LogP contribution is 2.43. The average molecular weight is 569 g/mol. The van der Waals surface area contributed by atoms with Crippen molar-refractivity contribution in [2.24, 2.45) is 5.41 Å². The second kappa shape index (κ2) is 10.5. The van der Waals surface area contributed by atoms with Crippen LogP contribution in [0, 0.1) is 12.3 Å². The summed E-state index contributed by atoms with van der Waals surface area (Å²) in [6.07, 6.45) is 7.54. The van der Waals surface area contributed by atoms with Crippen LogP contribution in [-0.2, 0) is 9.53 Å². The third-order valence-corrected chi connectivity index (χ3v) is 10.1. The van der Waals surface area contributed by atoms with Gasteiger partial charge in [-0.2, -0.15) is 0 Å². The lowest BCUT2D eigenvalue weighted by molar-refractivity contribution is -0.119. The number of aryl methyl sites for hydroxylation is 1. The van der Waals surface area contributed by atoms with Crippen LogP contribution in [0.5, 0.6) is 0 Å². The normalized spacial score (nSPS) is 22.3. The molecule has 1 aliphatic carbocycles. The zero-order chi connectivity index (χ0) is 29.0. The number of rotatable bonds is 4. The van der Waals surface area contributed by atoms with Crippen molar-refractivity contribution in [1.29, 1.82) is 0 Å². The minimum absolute atomic E-state index is 0.116. The van der Waals surface area contributed by atoms with Crippen LogP contribution in [0.3, 0.4) is 0 Å². The van der Waals surface area contributed by atoms with Gasteiger partial charge in [-0.05, 0) is 81.7 Å². The number of hydrogen-bond donors (Lipinski definition) is 0. The zero-order valence-corrected chi connectivity index (χ0v) is 24.9. The number of nitrogens with zero attached hydrogens (tertiary/aromatic N) is 6. The summed E-state index contributed by atoms with van der Waals surface area (Å²) in [7, 11) is 1.86. The molecule has 1 saturated carbocycles. The Morgan fingerprint density at radius 1 is 1.00 bits per heavy atom. The molecule has 0 bridgehead atoms. The Bertz CT molecular complexity index is 1490. The Hall–Kier alpha value is -3.72. The van der Waals surface area contributed by atoms with Crippen LogP contribution in [0.4, 0.5) is 11.4 Å². The van der Waals surface area contributed by atoms with Gasteiger partial charge in [0.1, 0.15) is 6.04 Å². The number of anilines is 2. The molecule has 3 aromatic rings. The van der Waals surface area contributed by atoms with Gasteiger partial charge in [-0.15, -0.1) is 5.10 Å². The van der Waals surface area contributed by atoms with Crippen LogP contribution < -0.4 is 9.80 Å². The molecular formula is C33H40N6O3. The molecule has 1 aromatic heterocycles. The van der Waals surface area contributed by atoms with Crippen LogP contribution in [0.25, 0.3) is 17.1 Å². The van der Waals surface area contributed by atoms with Crippen molar-refractivity contribution in [2.75, 3.05) is 43.2 Å². The van der Waals surface area contributed by atoms with E-state index in [-0.39, 0.29) is 29.1 Å². The molecule has 2 amide bonds. The number of likely N-dealkylation sites (N-methyl/N-ethyl adjacent to an activating group) is 1. The molecule has 2 aromatic carbocycles. The molecule has 0 radical (unpaired) electrons. The Balaban J connectivity index is 1.27. The number of hydrogen-bond acceptors (Lipinski definition) is 6. The fourth-order valence-corrected chi connectivity index (χ4v) is 7.40. The van der Waals surface area contributed by atoms with Crippen molar-refractivity contribution in [3.63, 3.8) is 0 Å². The first-order chi connectivity index (χ1) is 20.3. The molecule has 1 atom stereocenters. The van der Waals surface area contributed by atoms with E-state index in [0.29, 0.717) is 25.0 Å². The number of amides is 2. The van der Waals surface area contributed by atoms with Gasteiger partial charge in [0.05, 0.1) is 23.7 Å². The van der Waals surface area contributed by atoms with Gasteiger partial charge in [-0.1, -0.05) is 30.5 Å². The molecule has 0 unspecified atom stereocenters. The molecule has 9 nitrogen and oxygen atoms in total. The monoisotopic (exact) mass is 568 g/mol. The molecule has 4 heterocycles. The summed E-state index contributed by atoms with van der Waals surface area (Å²) in [6, 6.07) is 14.4. The summed E-state index contributed by atoms with van der Waals surface area (Å²) in [5.74, 6) is 0.835. The molecule has 9 heteroatoms. The maximum absolute atomic E-state index is 13.8. The highest BCUT2D eigenvalue weighted by Gasteiger charge is 2.41. The van der Waals surface area contributed by atoms with E-state index in [4.69, 9.17) is 14.8 Å². The number of fused-ring (bicyclic) bond motifs is 1. The third kappa shape index (κ3) is 4.58. The van der Waals surface area contributed by atoms with Crippen molar-refractivity contribution < 1.29 is 14.3 Å². The molecule has 3 fully saturated rings. The number of piperidine rings is 1. The molecular weight excluding hydrogens is 528 g/mol. The lowest BCUT2D eigenvalue weighted by Gasteiger charge is -2.43. The maximum Gasteiger partial charge on any atom is 0.293 e. The van der Waals surface area contributed by atoms with Crippen LogP contribution in [0.2, 0.25) is 0 Å². The Labute approximate surface area is 247 Å². The highest BCUT2D eigenvalue weighted by atomic mass is 16.5. The van der Waals surface area contributed by atoms with Crippen molar-refractivity contribution in [1.82, 2.24) is 19.7 Å². The van der Waals surface area contributed by atoms with Gasteiger partial charge in [0.15, 0.2) is 5.82 Å². The van der Waals surface area contributed by atoms with Crippen molar-refractivity contribution in [2.45, 2.75) is 70.9 Å². The number of aromatic nitrogens is 3. The van der Waals surface area contributed by atoms with E-state index in [9.17, 15) is 9.59 Å². The number of benzene rings is 2. The predicted molar refractivity (Wildman–Crippen MR) is 162 cm³/mol. The number of carbonyl (C=O) groups is 2. The van der Waals surface area contributed by atoms with E-state index >= 15 is 0 Å². The van der Waals surface area contributed by atoms with E-state index in [0.717, 1.165) is 73.5 Å². The summed E-state index contributed by atoms with van der Waals surface area (Å²) in [5, 5.41) is 4.81. The van der Waals surface area contributed by atoms with Gasteiger partial charge in [-0.25, -0.2) is 9.67 Å². The summed E-state index contributed by atoms with van der Waals surface area (Å²) in [6.45, 7) is 7.09. The molecule has 42 heavy (non-hydrogen) atoms. The number of likely N-dealkylation sites (tertiary alicyclic amines) is 1. The van der Waals surface area contributed by atoms with Crippen molar-refractivity contribution >= 4 is 23.2 Å². The summed E-state index contributed by atoms with van der Waals surface area (Å²) < 4.78 is 7.48. The van der Waals surface area contributed by atoms with E-state index in [1.165, 1.54) is 12.8 Å². The Kier molecular flexibility index (Phi) is 6.80. The van der Waals surface area contributed by atoms with Gasteiger partial charge in [0, 0.05) is 38.3 Å². The second-order valence-electron chi connectivity index (χ2n) is 12.7. The standard InChI is InChI=1S/C33H40N6O3/c1-22-8-11-26(12-9-22)39-30(34-29(35-39)32(41)37-17-14-33(15-18-37)16-19-42-21-33)24-10-13-27-28(20-24)38(25-6-4-5-7-25)23(2)31(40)36(27)3/h8-13,20,23,25H,4-7,14-19,21H2,1-3H3/t23-/m1/s1. The molecule has 4 aliphatic rings. The molecule has 3 aliphatic heterocycles. The minimum Gasteiger partial charge on any atom is -0.381 e. The first kappa shape index (κ1) is 27.1.